The zero-order valence-electron chi connectivity index (χ0n) is 17.6. The Kier molecular flexibility index (Phi) is 8.14. The summed E-state index contributed by atoms with van der Waals surface area (Å²) in [6.07, 6.45) is 0. The fraction of sp³-hybridized carbons (Fsp3) is 0.348. The second-order valence-electron chi connectivity index (χ2n) is 7.38. The summed E-state index contributed by atoms with van der Waals surface area (Å²) in [7, 11) is 0. The van der Waals surface area contributed by atoms with Gasteiger partial charge in [0.15, 0.2) is 0 Å². The molecule has 1 heterocycles. The molecule has 1 saturated heterocycles. The van der Waals surface area contributed by atoms with Crippen molar-refractivity contribution < 1.29 is 19.1 Å². The number of para-hydroxylation sites is 1. The molecule has 0 aromatic heterocycles. The third-order valence-electron chi connectivity index (χ3n) is 4.98. The number of carbonyl (C=O) groups is 3. The van der Waals surface area contributed by atoms with Crippen molar-refractivity contribution in [3.05, 3.63) is 65.2 Å². The van der Waals surface area contributed by atoms with E-state index in [1.807, 2.05) is 31.2 Å². The Balaban J connectivity index is 1.52. The van der Waals surface area contributed by atoms with Crippen LogP contribution in [0.1, 0.15) is 21.5 Å². The van der Waals surface area contributed by atoms with Gasteiger partial charge in [0.1, 0.15) is 0 Å². The van der Waals surface area contributed by atoms with Crippen LogP contribution in [0.15, 0.2) is 48.5 Å². The number of benzene rings is 2. The molecule has 8 nitrogen and oxygen atoms in total. The number of nitrogens with one attached hydrogen (secondary N) is 3. The summed E-state index contributed by atoms with van der Waals surface area (Å²) in [5, 5.41) is 8.01. The SMILES string of the molecule is Cc1cccc(CNC(=O)c2ccccc2NC(=O)C(=O)NCCN2CCOCC2)c1. The molecule has 1 aliphatic heterocycles. The number of hydrogen-bond acceptors (Lipinski definition) is 5. The summed E-state index contributed by atoms with van der Waals surface area (Å²) in [6.45, 7) is 6.35. The van der Waals surface area contributed by atoms with Crippen LogP contribution in [0.25, 0.3) is 0 Å². The highest BCUT2D eigenvalue weighted by atomic mass is 16.5. The van der Waals surface area contributed by atoms with Crippen molar-refractivity contribution in [1.82, 2.24) is 15.5 Å². The lowest BCUT2D eigenvalue weighted by molar-refractivity contribution is -0.136. The average Bonchev–Trinajstić information content (AvgIpc) is 2.78. The number of aryl methyl sites for hydroxylation is 1. The van der Waals surface area contributed by atoms with Crippen LogP contribution < -0.4 is 16.0 Å². The first-order chi connectivity index (χ1) is 15.0. The van der Waals surface area contributed by atoms with Gasteiger partial charge in [0.25, 0.3) is 5.91 Å². The number of anilines is 1. The van der Waals surface area contributed by atoms with Gasteiger partial charge in [-0.1, -0.05) is 42.0 Å². The number of ether oxygens (including phenoxy) is 1. The van der Waals surface area contributed by atoms with Crippen LogP contribution in [0.4, 0.5) is 5.69 Å². The number of nitrogens with zero attached hydrogens (tertiary/aromatic N) is 1. The van der Waals surface area contributed by atoms with Crippen LogP contribution in [-0.2, 0) is 20.9 Å². The highest BCUT2D eigenvalue weighted by Crippen LogP contribution is 2.15. The fourth-order valence-corrected chi connectivity index (χ4v) is 3.30. The minimum atomic E-state index is -0.805. The highest BCUT2D eigenvalue weighted by Gasteiger charge is 2.18. The highest BCUT2D eigenvalue weighted by molar-refractivity contribution is 6.40. The van der Waals surface area contributed by atoms with Gasteiger partial charge in [-0.3, -0.25) is 19.3 Å². The Labute approximate surface area is 182 Å². The molecule has 1 fully saturated rings. The Bertz CT molecular complexity index is 925. The molecular weight excluding hydrogens is 396 g/mol. The van der Waals surface area contributed by atoms with Gasteiger partial charge >= 0.3 is 11.8 Å². The number of carbonyl (C=O) groups excluding carboxylic acids is 3. The van der Waals surface area contributed by atoms with Crippen LogP contribution >= 0.6 is 0 Å². The Morgan fingerprint density at radius 3 is 2.52 bits per heavy atom. The maximum absolute atomic E-state index is 12.6. The fourth-order valence-electron chi connectivity index (χ4n) is 3.30. The first kappa shape index (κ1) is 22.5. The van der Waals surface area contributed by atoms with E-state index in [-0.39, 0.29) is 11.6 Å². The molecule has 31 heavy (non-hydrogen) atoms. The smallest absolute Gasteiger partial charge is 0.313 e. The summed E-state index contributed by atoms with van der Waals surface area (Å²) in [6, 6.07) is 14.5. The van der Waals surface area contributed by atoms with E-state index in [1.54, 1.807) is 24.3 Å². The van der Waals surface area contributed by atoms with E-state index >= 15 is 0 Å². The van der Waals surface area contributed by atoms with Crippen LogP contribution in [0.2, 0.25) is 0 Å². The minimum absolute atomic E-state index is 0.289. The molecule has 0 saturated carbocycles. The maximum atomic E-state index is 12.6. The average molecular weight is 425 g/mol. The molecule has 8 heteroatoms. The predicted octanol–water partition coefficient (Wildman–Crippen LogP) is 1.31. The third-order valence-corrected chi connectivity index (χ3v) is 4.98. The van der Waals surface area contributed by atoms with Crippen LogP contribution in [0.3, 0.4) is 0 Å². The van der Waals surface area contributed by atoms with Crippen LogP contribution in [0, 0.1) is 6.92 Å². The standard InChI is InChI=1S/C23H28N4O4/c1-17-5-4-6-18(15-17)16-25-21(28)19-7-2-3-8-20(19)26-23(30)22(29)24-9-10-27-11-13-31-14-12-27/h2-8,15H,9-14,16H2,1H3,(H,24,29)(H,25,28)(H,26,30). The first-order valence-corrected chi connectivity index (χ1v) is 10.3. The Hall–Kier alpha value is -3.23. The van der Waals surface area contributed by atoms with E-state index in [0.717, 1.165) is 24.2 Å². The van der Waals surface area contributed by atoms with Crippen molar-refractivity contribution in [3.63, 3.8) is 0 Å². The summed E-state index contributed by atoms with van der Waals surface area (Å²) < 4.78 is 5.28. The molecule has 0 aliphatic carbocycles. The van der Waals surface area contributed by atoms with Crippen LogP contribution in [-0.4, -0.2) is 62.0 Å². The normalized spacial score (nSPS) is 14.0. The summed E-state index contributed by atoms with van der Waals surface area (Å²) in [4.78, 5) is 39.2. The van der Waals surface area contributed by atoms with E-state index in [1.165, 1.54) is 0 Å². The predicted molar refractivity (Wildman–Crippen MR) is 118 cm³/mol. The molecule has 1 aliphatic rings. The molecule has 3 N–H and O–H groups in total. The molecule has 3 rings (SSSR count). The third kappa shape index (κ3) is 6.91. The molecule has 3 amide bonds. The quantitative estimate of drug-likeness (QED) is 0.582. The van der Waals surface area contributed by atoms with E-state index in [0.29, 0.717) is 38.4 Å². The van der Waals surface area contributed by atoms with Gasteiger partial charge in [-0.15, -0.1) is 0 Å². The lowest BCUT2D eigenvalue weighted by Gasteiger charge is -2.26. The zero-order valence-corrected chi connectivity index (χ0v) is 17.6. The van der Waals surface area contributed by atoms with Gasteiger partial charge < -0.3 is 20.7 Å². The van der Waals surface area contributed by atoms with E-state index in [2.05, 4.69) is 20.9 Å². The molecule has 0 radical (unpaired) electrons. The van der Waals surface area contributed by atoms with Gasteiger partial charge in [0.2, 0.25) is 0 Å². The van der Waals surface area contributed by atoms with Gasteiger partial charge in [-0.25, -0.2) is 0 Å². The van der Waals surface area contributed by atoms with Crippen molar-refractivity contribution >= 4 is 23.4 Å². The van der Waals surface area contributed by atoms with Crippen molar-refractivity contribution in [2.45, 2.75) is 13.5 Å². The lowest BCUT2D eigenvalue weighted by atomic mass is 10.1. The van der Waals surface area contributed by atoms with Crippen LogP contribution in [0.5, 0.6) is 0 Å². The molecule has 0 atom stereocenters. The second kappa shape index (κ2) is 11.2. The zero-order chi connectivity index (χ0) is 22.1. The van der Waals surface area contributed by atoms with Crippen molar-refractivity contribution in [1.29, 1.82) is 0 Å². The molecule has 164 valence electrons. The number of hydrogen-bond donors (Lipinski definition) is 3. The molecular formula is C23H28N4O4. The lowest BCUT2D eigenvalue weighted by Crippen LogP contribution is -2.43. The van der Waals surface area contributed by atoms with Gasteiger partial charge in [0, 0.05) is 32.7 Å². The molecule has 2 aromatic rings. The summed E-state index contributed by atoms with van der Waals surface area (Å²) in [5.41, 5.74) is 2.68. The largest absolute Gasteiger partial charge is 0.379 e. The van der Waals surface area contributed by atoms with Crippen molar-refractivity contribution in [2.24, 2.45) is 0 Å². The van der Waals surface area contributed by atoms with Crippen molar-refractivity contribution in [2.75, 3.05) is 44.7 Å². The second-order valence-corrected chi connectivity index (χ2v) is 7.38. The number of amides is 3. The van der Waals surface area contributed by atoms with Gasteiger partial charge in [-0.2, -0.15) is 0 Å². The van der Waals surface area contributed by atoms with Gasteiger partial charge in [0.05, 0.1) is 24.5 Å². The molecule has 0 unspecified atom stereocenters. The summed E-state index contributed by atoms with van der Waals surface area (Å²) in [5.74, 6) is -1.87. The maximum Gasteiger partial charge on any atom is 0.313 e. The molecule has 0 bridgehead atoms. The van der Waals surface area contributed by atoms with Crippen molar-refractivity contribution in [3.8, 4) is 0 Å². The Morgan fingerprint density at radius 2 is 1.74 bits per heavy atom. The monoisotopic (exact) mass is 424 g/mol. The minimum Gasteiger partial charge on any atom is -0.379 e. The topological polar surface area (TPSA) is 99.8 Å². The first-order valence-electron chi connectivity index (χ1n) is 10.3. The van der Waals surface area contributed by atoms with E-state index < -0.39 is 11.8 Å². The van der Waals surface area contributed by atoms with E-state index in [4.69, 9.17) is 4.74 Å². The number of rotatable bonds is 7. The molecule has 2 aromatic carbocycles. The summed E-state index contributed by atoms with van der Waals surface area (Å²) >= 11 is 0. The van der Waals surface area contributed by atoms with E-state index in [9.17, 15) is 14.4 Å². The number of morpholine rings is 1. The Morgan fingerprint density at radius 1 is 0.968 bits per heavy atom. The molecule has 0 spiro atoms. The van der Waals surface area contributed by atoms with Gasteiger partial charge in [-0.05, 0) is 24.6 Å².